The van der Waals surface area contributed by atoms with E-state index in [0.717, 1.165) is 21.4 Å². The van der Waals surface area contributed by atoms with Crippen molar-refractivity contribution in [3.05, 3.63) is 35.3 Å². The number of aliphatic hydroxyl groups is 1. The van der Waals surface area contributed by atoms with E-state index in [0.29, 0.717) is 6.42 Å². The highest BCUT2D eigenvalue weighted by Crippen LogP contribution is 2.35. The molecule has 5 nitrogen and oxygen atoms in total. The fourth-order valence-corrected chi connectivity index (χ4v) is 3.58. The van der Waals surface area contributed by atoms with Gasteiger partial charge in [-0.1, -0.05) is 6.08 Å². The number of fused-ring (bicyclic) bond motifs is 1. The molecule has 0 spiro atoms. The van der Waals surface area contributed by atoms with Crippen LogP contribution in [0.3, 0.4) is 0 Å². The number of carbonyl (C=O) groups excluding carboxylic acids is 1. The van der Waals surface area contributed by atoms with Gasteiger partial charge in [0.25, 0.3) is 0 Å². The fraction of sp³-hybridized carbons (Fsp3) is 0.412. The van der Waals surface area contributed by atoms with E-state index in [1.54, 1.807) is 17.5 Å². The first kappa shape index (κ1) is 16.0. The predicted molar refractivity (Wildman–Crippen MR) is 91.4 cm³/mol. The minimum atomic E-state index is -0.649. The maximum atomic E-state index is 11.9. The highest BCUT2D eigenvalue weighted by Gasteiger charge is 2.30. The number of nitrogens with one attached hydrogen (secondary N) is 1. The lowest BCUT2D eigenvalue weighted by molar-refractivity contribution is 0.0465. The Balaban J connectivity index is 1.79. The first-order valence-corrected chi connectivity index (χ1v) is 8.42. The summed E-state index contributed by atoms with van der Waals surface area (Å²) in [6.07, 6.45) is 3.01. The summed E-state index contributed by atoms with van der Waals surface area (Å²) in [5, 5.41) is 16.1. The van der Waals surface area contributed by atoms with Crippen LogP contribution in [0.25, 0.3) is 15.8 Å². The third-order valence-electron chi connectivity index (χ3n) is 3.60. The van der Waals surface area contributed by atoms with Crippen LogP contribution in [0.2, 0.25) is 0 Å². The molecule has 122 valence electrons. The van der Waals surface area contributed by atoms with Crippen LogP contribution in [0.5, 0.6) is 0 Å². The minimum absolute atomic E-state index is 0.438. The second-order valence-electron chi connectivity index (χ2n) is 6.64. The van der Waals surface area contributed by atoms with Gasteiger partial charge in [0.05, 0.1) is 12.1 Å². The van der Waals surface area contributed by atoms with Crippen LogP contribution in [0.1, 0.15) is 32.8 Å². The number of nitrogens with zero attached hydrogens (tertiary/aromatic N) is 1. The molecular weight excluding hydrogens is 312 g/mol. The third-order valence-corrected chi connectivity index (χ3v) is 4.51. The van der Waals surface area contributed by atoms with Crippen LogP contribution in [0, 0.1) is 0 Å². The molecule has 1 amide bonds. The second-order valence-corrected chi connectivity index (χ2v) is 7.50. The van der Waals surface area contributed by atoms with Gasteiger partial charge in [-0.2, -0.15) is 0 Å². The first-order chi connectivity index (χ1) is 10.8. The summed E-state index contributed by atoms with van der Waals surface area (Å²) in [6.45, 7) is 5.43. The Labute approximate surface area is 139 Å². The molecule has 0 aliphatic heterocycles. The number of pyridine rings is 1. The zero-order valence-electron chi connectivity index (χ0n) is 13.4. The molecule has 2 N–H and O–H groups in total. The van der Waals surface area contributed by atoms with Crippen LogP contribution >= 0.6 is 11.3 Å². The number of rotatable bonds is 2. The molecule has 0 radical (unpaired) electrons. The van der Waals surface area contributed by atoms with Crippen molar-refractivity contribution >= 4 is 33.2 Å². The summed E-state index contributed by atoms with van der Waals surface area (Å²) >= 11 is 1.58. The zero-order chi connectivity index (χ0) is 16.6. The topological polar surface area (TPSA) is 71.5 Å². The number of ether oxygens (including phenoxy) is 1. The highest BCUT2D eigenvalue weighted by molar-refractivity contribution is 7.17. The van der Waals surface area contributed by atoms with E-state index in [4.69, 9.17) is 4.74 Å². The largest absolute Gasteiger partial charge is 0.444 e. The summed E-state index contributed by atoms with van der Waals surface area (Å²) in [6, 6.07) is 3.49. The van der Waals surface area contributed by atoms with Crippen LogP contribution in [0.4, 0.5) is 4.79 Å². The summed E-state index contributed by atoms with van der Waals surface area (Å²) in [5.41, 5.74) is 1.54. The average Bonchev–Trinajstić information content (AvgIpc) is 3.01. The van der Waals surface area contributed by atoms with E-state index in [-0.39, 0.29) is 0 Å². The lowest BCUT2D eigenvalue weighted by Crippen LogP contribution is -2.42. The molecule has 0 bridgehead atoms. The summed E-state index contributed by atoms with van der Waals surface area (Å²) < 4.78 is 5.25. The Morgan fingerprint density at radius 3 is 3.00 bits per heavy atom. The van der Waals surface area contributed by atoms with E-state index in [9.17, 15) is 9.90 Å². The molecule has 6 heteroatoms. The van der Waals surface area contributed by atoms with Gasteiger partial charge >= 0.3 is 6.09 Å². The molecule has 2 heterocycles. The summed E-state index contributed by atoms with van der Waals surface area (Å²) in [4.78, 5) is 17.2. The molecule has 0 fully saturated rings. The Morgan fingerprint density at radius 1 is 1.48 bits per heavy atom. The first-order valence-electron chi connectivity index (χ1n) is 7.54. The molecule has 1 aliphatic carbocycles. The van der Waals surface area contributed by atoms with Gasteiger partial charge in [-0.05, 0) is 44.0 Å². The van der Waals surface area contributed by atoms with Gasteiger partial charge in [0.1, 0.15) is 10.4 Å². The van der Waals surface area contributed by atoms with Crippen LogP contribution < -0.4 is 5.32 Å². The van der Waals surface area contributed by atoms with E-state index in [2.05, 4.69) is 10.3 Å². The number of alkyl carbamates (subject to hydrolysis) is 1. The van der Waals surface area contributed by atoms with Crippen molar-refractivity contribution in [1.29, 1.82) is 0 Å². The third kappa shape index (κ3) is 3.54. The minimum Gasteiger partial charge on any atom is -0.444 e. The van der Waals surface area contributed by atoms with Crippen LogP contribution in [0.15, 0.2) is 29.8 Å². The van der Waals surface area contributed by atoms with E-state index in [1.165, 1.54) is 0 Å². The van der Waals surface area contributed by atoms with Gasteiger partial charge in [-0.25, -0.2) is 9.78 Å². The number of hydrogen-bond donors (Lipinski definition) is 2. The van der Waals surface area contributed by atoms with Gasteiger partial charge in [-0.3, -0.25) is 0 Å². The van der Waals surface area contributed by atoms with E-state index >= 15 is 0 Å². The maximum Gasteiger partial charge on any atom is 0.408 e. The second kappa shape index (κ2) is 5.94. The summed E-state index contributed by atoms with van der Waals surface area (Å²) in [5.74, 6) is 0. The molecule has 2 atom stereocenters. The molecule has 0 saturated carbocycles. The van der Waals surface area contributed by atoms with Crippen LogP contribution in [-0.4, -0.2) is 33.9 Å². The highest BCUT2D eigenvalue weighted by atomic mass is 32.1. The van der Waals surface area contributed by atoms with Crippen molar-refractivity contribution < 1.29 is 14.6 Å². The SMILES string of the molecule is CC(C)(C)OC(=O)NC1C=C(c2csc3ncccc23)CC1O. The lowest BCUT2D eigenvalue weighted by atomic mass is 10.1. The van der Waals surface area contributed by atoms with Gasteiger partial charge in [-0.15, -0.1) is 11.3 Å². The number of aliphatic hydroxyl groups excluding tert-OH is 1. The van der Waals surface area contributed by atoms with E-state index < -0.39 is 23.8 Å². The molecule has 3 rings (SSSR count). The normalized spacial score (nSPS) is 21.3. The number of aromatic nitrogens is 1. The van der Waals surface area contributed by atoms with Gasteiger partial charge < -0.3 is 15.2 Å². The number of amides is 1. The predicted octanol–water partition coefficient (Wildman–Crippen LogP) is 3.34. The van der Waals surface area contributed by atoms with Gasteiger partial charge in [0, 0.05) is 23.4 Å². The Bertz CT molecular complexity index is 761. The Kier molecular flexibility index (Phi) is 4.12. The van der Waals surface area contributed by atoms with Gasteiger partial charge in [0.2, 0.25) is 0 Å². The molecule has 2 aromatic heterocycles. The Hall–Kier alpha value is -1.92. The number of thiophene rings is 1. The summed E-state index contributed by atoms with van der Waals surface area (Å²) in [7, 11) is 0. The quantitative estimate of drug-likeness (QED) is 0.885. The van der Waals surface area contributed by atoms with Crippen molar-refractivity contribution in [3.63, 3.8) is 0 Å². The van der Waals surface area contributed by atoms with E-state index in [1.807, 2.05) is 44.4 Å². The van der Waals surface area contributed by atoms with Crippen molar-refractivity contribution in [1.82, 2.24) is 10.3 Å². The van der Waals surface area contributed by atoms with Crippen molar-refractivity contribution in [2.45, 2.75) is 44.9 Å². The average molecular weight is 332 g/mol. The van der Waals surface area contributed by atoms with Gasteiger partial charge in [0.15, 0.2) is 0 Å². The smallest absolute Gasteiger partial charge is 0.408 e. The zero-order valence-corrected chi connectivity index (χ0v) is 14.2. The monoisotopic (exact) mass is 332 g/mol. The molecule has 1 aliphatic rings. The molecule has 2 aromatic rings. The lowest BCUT2D eigenvalue weighted by Gasteiger charge is -2.22. The van der Waals surface area contributed by atoms with Crippen molar-refractivity contribution in [2.75, 3.05) is 0 Å². The molecule has 23 heavy (non-hydrogen) atoms. The maximum absolute atomic E-state index is 11.9. The Morgan fingerprint density at radius 2 is 2.26 bits per heavy atom. The standard InChI is InChI=1S/C17H20N2O3S/c1-17(2,3)22-16(21)19-13-7-10(8-14(13)20)12-9-23-15-11(12)5-4-6-18-15/h4-7,9,13-14,20H,8H2,1-3H3,(H,19,21). The molecule has 0 saturated heterocycles. The number of carbonyl (C=O) groups is 1. The molecular formula is C17H20N2O3S. The number of hydrogen-bond acceptors (Lipinski definition) is 5. The fourth-order valence-electron chi connectivity index (χ4n) is 2.65. The van der Waals surface area contributed by atoms with Crippen LogP contribution in [-0.2, 0) is 4.74 Å². The molecule has 2 unspecified atom stereocenters. The molecule has 0 aromatic carbocycles. The van der Waals surface area contributed by atoms with Crippen molar-refractivity contribution in [3.8, 4) is 0 Å². The van der Waals surface area contributed by atoms with Crippen molar-refractivity contribution in [2.24, 2.45) is 0 Å².